The second-order valence-corrected chi connectivity index (χ2v) is 5.15. The monoisotopic (exact) mass is 356 g/mol. The fraction of sp³-hybridized carbons (Fsp3) is 0.625. The van der Waals surface area contributed by atoms with Gasteiger partial charge in [0.2, 0.25) is 12.4 Å². The number of rotatable bonds is 4. The van der Waals surface area contributed by atoms with Crippen molar-refractivity contribution in [1.29, 1.82) is 0 Å². The molecular formula is C16H20O9. The van der Waals surface area contributed by atoms with Gasteiger partial charge in [0.25, 0.3) is 0 Å². The van der Waals surface area contributed by atoms with Crippen molar-refractivity contribution in [2.45, 2.75) is 65.3 Å². The Kier molecular flexibility index (Phi) is 7.39. The lowest BCUT2D eigenvalue weighted by Gasteiger charge is -2.42. The highest BCUT2D eigenvalue weighted by Gasteiger charge is 2.52. The minimum Gasteiger partial charge on any atom is -0.455 e. The van der Waals surface area contributed by atoms with Gasteiger partial charge < -0.3 is 23.7 Å². The van der Waals surface area contributed by atoms with E-state index in [1.807, 2.05) is 0 Å². The van der Waals surface area contributed by atoms with Gasteiger partial charge in [0.15, 0.2) is 18.3 Å². The van der Waals surface area contributed by atoms with Crippen LogP contribution in [0, 0.1) is 11.8 Å². The molecule has 0 bridgehead atoms. The van der Waals surface area contributed by atoms with E-state index in [0.717, 1.165) is 27.7 Å². The molecule has 1 fully saturated rings. The third kappa shape index (κ3) is 6.08. The summed E-state index contributed by atoms with van der Waals surface area (Å²) in [6, 6.07) is 0. The number of carbonyl (C=O) groups excluding carboxylic acids is 4. The summed E-state index contributed by atoms with van der Waals surface area (Å²) in [6.07, 6.45) is -6.22. The quantitative estimate of drug-likeness (QED) is 0.393. The number of hydrogen-bond donors (Lipinski definition) is 0. The van der Waals surface area contributed by atoms with Crippen molar-refractivity contribution in [1.82, 2.24) is 0 Å². The van der Waals surface area contributed by atoms with Crippen LogP contribution in [0.5, 0.6) is 0 Å². The topological polar surface area (TPSA) is 114 Å². The van der Waals surface area contributed by atoms with Crippen LogP contribution in [0.3, 0.4) is 0 Å². The summed E-state index contributed by atoms with van der Waals surface area (Å²) in [4.78, 5) is 45.6. The first-order chi connectivity index (χ1) is 11.6. The fourth-order valence-electron chi connectivity index (χ4n) is 2.29. The van der Waals surface area contributed by atoms with Crippen LogP contribution in [0.1, 0.15) is 34.6 Å². The average molecular weight is 356 g/mol. The highest BCUT2D eigenvalue weighted by molar-refractivity contribution is 5.69. The van der Waals surface area contributed by atoms with Gasteiger partial charge in [-0.05, 0) is 6.92 Å². The van der Waals surface area contributed by atoms with E-state index in [4.69, 9.17) is 23.7 Å². The smallest absolute Gasteiger partial charge is 0.305 e. The molecule has 0 N–H and O–H groups in total. The van der Waals surface area contributed by atoms with Gasteiger partial charge in [-0.15, -0.1) is 5.92 Å². The molecule has 0 aromatic carbocycles. The van der Waals surface area contributed by atoms with Crippen LogP contribution in [0.25, 0.3) is 0 Å². The Bertz CT molecular complexity index is 600. The second kappa shape index (κ2) is 9.03. The molecule has 0 aromatic rings. The molecule has 5 atom stereocenters. The Morgan fingerprint density at radius 1 is 0.720 bits per heavy atom. The van der Waals surface area contributed by atoms with Crippen LogP contribution >= 0.6 is 0 Å². The molecule has 25 heavy (non-hydrogen) atoms. The van der Waals surface area contributed by atoms with Gasteiger partial charge in [0, 0.05) is 27.7 Å². The predicted octanol–water partition coefficient (Wildman–Crippen LogP) is 0.0928. The van der Waals surface area contributed by atoms with Gasteiger partial charge in [-0.2, -0.15) is 0 Å². The Hall–Kier alpha value is -2.60. The van der Waals surface area contributed by atoms with E-state index in [1.54, 1.807) is 0 Å². The van der Waals surface area contributed by atoms with E-state index >= 15 is 0 Å². The molecule has 0 aromatic heterocycles. The van der Waals surface area contributed by atoms with Gasteiger partial charge in [-0.25, -0.2) is 0 Å². The Labute approximate surface area is 144 Å². The maximum Gasteiger partial charge on any atom is 0.305 e. The van der Waals surface area contributed by atoms with Gasteiger partial charge in [0.05, 0.1) is 0 Å². The van der Waals surface area contributed by atoms with Crippen molar-refractivity contribution in [3.8, 4) is 11.8 Å². The fourth-order valence-corrected chi connectivity index (χ4v) is 2.29. The lowest BCUT2D eigenvalue weighted by atomic mass is 9.98. The maximum absolute atomic E-state index is 11.5. The van der Waals surface area contributed by atoms with Crippen molar-refractivity contribution in [3.63, 3.8) is 0 Å². The first kappa shape index (κ1) is 20.4. The second-order valence-electron chi connectivity index (χ2n) is 5.15. The summed E-state index contributed by atoms with van der Waals surface area (Å²) in [5.41, 5.74) is 0. The largest absolute Gasteiger partial charge is 0.455 e. The minimum atomic E-state index is -1.39. The molecule has 1 heterocycles. The number of ether oxygens (including phenoxy) is 5. The van der Waals surface area contributed by atoms with Crippen molar-refractivity contribution in [2.75, 3.05) is 0 Å². The molecule has 138 valence electrons. The SMILES string of the molecule is CC#C[C@@H]1OC(OC(C)=O)C(OC(C)=O)[C@H](OC(C)=O)[C@@H]1OC(C)=O. The van der Waals surface area contributed by atoms with Crippen molar-refractivity contribution < 1.29 is 42.9 Å². The molecule has 2 unspecified atom stereocenters. The molecule has 1 saturated heterocycles. The van der Waals surface area contributed by atoms with E-state index in [9.17, 15) is 19.2 Å². The van der Waals surface area contributed by atoms with E-state index in [1.165, 1.54) is 6.92 Å². The van der Waals surface area contributed by atoms with Crippen LogP contribution in [-0.2, 0) is 42.9 Å². The Balaban J connectivity index is 3.32. The van der Waals surface area contributed by atoms with Gasteiger partial charge in [-0.1, -0.05) is 5.92 Å². The van der Waals surface area contributed by atoms with Crippen molar-refractivity contribution in [3.05, 3.63) is 0 Å². The Morgan fingerprint density at radius 3 is 1.60 bits per heavy atom. The minimum absolute atomic E-state index is 0.679. The van der Waals surface area contributed by atoms with Gasteiger partial charge in [-0.3, -0.25) is 19.2 Å². The van der Waals surface area contributed by atoms with Crippen LogP contribution in [0.4, 0.5) is 0 Å². The van der Waals surface area contributed by atoms with Crippen molar-refractivity contribution in [2.24, 2.45) is 0 Å². The lowest BCUT2D eigenvalue weighted by molar-refractivity contribution is -0.286. The van der Waals surface area contributed by atoms with E-state index in [-0.39, 0.29) is 0 Å². The first-order valence-electron chi connectivity index (χ1n) is 7.42. The maximum atomic E-state index is 11.5. The molecule has 0 radical (unpaired) electrons. The number of hydrogen-bond acceptors (Lipinski definition) is 9. The van der Waals surface area contributed by atoms with E-state index in [0.29, 0.717) is 0 Å². The van der Waals surface area contributed by atoms with Crippen LogP contribution in [0.15, 0.2) is 0 Å². The molecule has 9 nitrogen and oxygen atoms in total. The molecule has 1 rings (SSSR count). The van der Waals surface area contributed by atoms with E-state index in [2.05, 4.69) is 11.8 Å². The third-order valence-corrected chi connectivity index (χ3v) is 2.97. The van der Waals surface area contributed by atoms with Crippen LogP contribution in [0.2, 0.25) is 0 Å². The van der Waals surface area contributed by atoms with Crippen molar-refractivity contribution >= 4 is 23.9 Å². The van der Waals surface area contributed by atoms with E-state index < -0.39 is 54.6 Å². The number of esters is 4. The average Bonchev–Trinajstić information content (AvgIpc) is 2.45. The molecule has 0 aliphatic carbocycles. The highest BCUT2D eigenvalue weighted by Crippen LogP contribution is 2.29. The van der Waals surface area contributed by atoms with Crippen LogP contribution < -0.4 is 0 Å². The standard InChI is InChI=1S/C16H20O9/c1-6-7-12-13(21-8(2)17)14(22-9(3)18)15(23-10(4)19)16(25-12)24-11(5)20/h12-16H,1-5H3/t12-,13+,14+,15?,16?/m0/s1. The zero-order valence-electron chi connectivity index (χ0n) is 14.6. The normalized spacial score (nSPS) is 28.0. The summed E-state index contributed by atoms with van der Waals surface area (Å²) >= 11 is 0. The molecule has 0 amide bonds. The molecule has 0 saturated carbocycles. The van der Waals surface area contributed by atoms with Crippen LogP contribution in [-0.4, -0.2) is 54.6 Å². The molecule has 1 aliphatic rings. The summed E-state index contributed by atoms with van der Waals surface area (Å²) in [5.74, 6) is 2.40. The zero-order chi connectivity index (χ0) is 19.1. The molecule has 9 heteroatoms. The summed E-state index contributed by atoms with van der Waals surface area (Å²) in [5, 5.41) is 0. The lowest BCUT2D eigenvalue weighted by Crippen LogP contribution is -2.61. The third-order valence-electron chi connectivity index (χ3n) is 2.97. The highest BCUT2D eigenvalue weighted by atomic mass is 16.7. The molecule has 1 aliphatic heterocycles. The predicted molar refractivity (Wildman–Crippen MR) is 80.5 cm³/mol. The summed E-state index contributed by atoms with van der Waals surface area (Å²) < 4.78 is 26.0. The number of carbonyl (C=O) groups is 4. The van der Waals surface area contributed by atoms with Gasteiger partial charge >= 0.3 is 23.9 Å². The first-order valence-corrected chi connectivity index (χ1v) is 7.42. The molecular weight excluding hydrogens is 336 g/mol. The summed E-state index contributed by atoms with van der Waals surface area (Å²) in [6.45, 7) is 6.06. The zero-order valence-corrected chi connectivity index (χ0v) is 14.6. The van der Waals surface area contributed by atoms with Gasteiger partial charge in [0.1, 0.15) is 0 Å². The summed E-state index contributed by atoms with van der Waals surface area (Å²) in [7, 11) is 0. The Morgan fingerprint density at radius 2 is 1.16 bits per heavy atom. The molecule has 0 spiro atoms.